The van der Waals surface area contributed by atoms with Gasteiger partial charge in [-0.1, -0.05) is 19.3 Å². The molecule has 1 aliphatic carbocycles. The van der Waals surface area contributed by atoms with E-state index < -0.39 is 0 Å². The van der Waals surface area contributed by atoms with Gasteiger partial charge in [0.25, 0.3) is 0 Å². The molecule has 3 aromatic heterocycles. The highest BCUT2D eigenvalue weighted by molar-refractivity contribution is 5.82. The zero-order valence-corrected chi connectivity index (χ0v) is 14.8. The fourth-order valence-corrected chi connectivity index (χ4v) is 4.05. The van der Waals surface area contributed by atoms with E-state index in [-0.39, 0.29) is 5.82 Å². The highest BCUT2D eigenvalue weighted by Gasteiger charge is 2.22. The first-order valence-electron chi connectivity index (χ1n) is 9.34. The Balaban J connectivity index is 1.52. The predicted octanol–water partition coefficient (Wildman–Crippen LogP) is 3.96. The van der Waals surface area contributed by atoms with Gasteiger partial charge >= 0.3 is 0 Å². The first-order valence-corrected chi connectivity index (χ1v) is 9.34. The third kappa shape index (κ3) is 2.90. The lowest BCUT2D eigenvalue weighted by Gasteiger charge is -2.25. The summed E-state index contributed by atoms with van der Waals surface area (Å²) in [7, 11) is 0. The summed E-state index contributed by atoms with van der Waals surface area (Å²) in [5, 5.41) is 3.35. The molecule has 138 valence electrons. The number of aromatic amines is 1. The van der Waals surface area contributed by atoms with Crippen LogP contribution in [0.5, 0.6) is 0 Å². The quantitative estimate of drug-likeness (QED) is 0.572. The number of H-pyrrole nitrogens is 1. The molecule has 3 heterocycles. The van der Waals surface area contributed by atoms with Crippen molar-refractivity contribution in [2.45, 2.75) is 44.7 Å². The molecule has 0 amide bonds. The molecule has 0 bridgehead atoms. The second-order valence-electron chi connectivity index (χ2n) is 7.00. The summed E-state index contributed by atoms with van der Waals surface area (Å²) in [6.07, 6.45) is 8.97. The van der Waals surface area contributed by atoms with Gasteiger partial charge in [0.05, 0.1) is 23.9 Å². The first kappa shape index (κ1) is 16.2. The molecular formula is C19H20FN7. The van der Waals surface area contributed by atoms with Crippen LogP contribution < -0.4 is 5.32 Å². The Hall–Kier alpha value is -3.03. The third-order valence-corrected chi connectivity index (χ3v) is 5.30. The second kappa shape index (κ2) is 6.61. The number of benzene rings is 1. The van der Waals surface area contributed by atoms with Gasteiger partial charge in [0.1, 0.15) is 23.5 Å². The zero-order valence-electron chi connectivity index (χ0n) is 14.8. The van der Waals surface area contributed by atoms with Gasteiger partial charge in [-0.25, -0.2) is 24.3 Å². The van der Waals surface area contributed by atoms with Gasteiger partial charge in [0, 0.05) is 6.04 Å². The van der Waals surface area contributed by atoms with Crippen molar-refractivity contribution in [1.82, 2.24) is 29.5 Å². The molecule has 0 radical (unpaired) electrons. The van der Waals surface area contributed by atoms with Crippen LogP contribution in [0.2, 0.25) is 0 Å². The Morgan fingerprint density at radius 3 is 2.93 bits per heavy atom. The predicted molar refractivity (Wildman–Crippen MR) is 101 cm³/mol. The standard InChI is InChI=1S/C19H20FN7/c20-12-6-7-14-15(8-12)27(13-4-2-1-3-5-13)16(26-14)9-21-18-17-19(23-10-22-17)25-11-24-18/h6-8,10-11,13H,1-5,9H2,(H2,21,22,23,24,25). The number of hydrogen-bond acceptors (Lipinski definition) is 5. The van der Waals surface area contributed by atoms with Crippen molar-refractivity contribution in [1.29, 1.82) is 0 Å². The van der Waals surface area contributed by atoms with Gasteiger partial charge in [0.2, 0.25) is 0 Å². The third-order valence-electron chi connectivity index (χ3n) is 5.30. The van der Waals surface area contributed by atoms with E-state index in [9.17, 15) is 4.39 Å². The van der Waals surface area contributed by atoms with Gasteiger partial charge < -0.3 is 14.9 Å². The summed E-state index contributed by atoms with van der Waals surface area (Å²) < 4.78 is 16.1. The number of halogens is 1. The van der Waals surface area contributed by atoms with E-state index in [2.05, 4.69) is 29.8 Å². The molecule has 27 heavy (non-hydrogen) atoms. The van der Waals surface area contributed by atoms with Crippen molar-refractivity contribution in [3.05, 3.63) is 42.5 Å². The van der Waals surface area contributed by atoms with E-state index in [1.807, 2.05) is 0 Å². The van der Waals surface area contributed by atoms with Crippen LogP contribution in [0, 0.1) is 5.82 Å². The van der Waals surface area contributed by atoms with Crippen LogP contribution >= 0.6 is 0 Å². The molecule has 0 unspecified atom stereocenters. The van der Waals surface area contributed by atoms with Crippen molar-refractivity contribution in [2.24, 2.45) is 0 Å². The molecule has 1 saturated carbocycles. The molecule has 0 saturated heterocycles. The maximum Gasteiger partial charge on any atom is 0.182 e. The summed E-state index contributed by atoms with van der Waals surface area (Å²) in [4.78, 5) is 20.4. The minimum absolute atomic E-state index is 0.228. The molecular weight excluding hydrogens is 345 g/mol. The Morgan fingerprint density at radius 1 is 1.15 bits per heavy atom. The SMILES string of the molecule is Fc1ccc2nc(CNc3ncnc4nc[nH]c34)n(C3CCCCC3)c2c1. The number of aromatic nitrogens is 6. The van der Waals surface area contributed by atoms with Crippen molar-refractivity contribution >= 4 is 28.0 Å². The largest absolute Gasteiger partial charge is 0.361 e. The van der Waals surface area contributed by atoms with Crippen LogP contribution in [0.1, 0.15) is 44.0 Å². The maximum absolute atomic E-state index is 13.9. The lowest BCUT2D eigenvalue weighted by Crippen LogP contribution is -2.17. The zero-order chi connectivity index (χ0) is 18.2. The Labute approximate surface area is 155 Å². The van der Waals surface area contributed by atoms with Crippen molar-refractivity contribution in [3.63, 3.8) is 0 Å². The Kier molecular flexibility index (Phi) is 3.95. The smallest absolute Gasteiger partial charge is 0.182 e. The molecule has 8 heteroatoms. The van der Waals surface area contributed by atoms with Gasteiger partial charge in [-0.05, 0) is 31.0 Å². The first-order chi connectivity index (χ1) is 13.3. The molecule has 0 spiro atoms. The molecule has 1 fully saturated rings. The number of nitrogens with zero attached hydrogens (tertiary/aromatic N) is 5. The monoisotopic (exact) mass is 365 g/mol. The molecule has 1 aliphatic rings. The van der Waals surface area contributed by atoms with Crippen LogP contribution in [0.15, 0.2) is 30.9 Å². The summed E-state index contributed by atoms with van der Waals surface area (Å²) in [6.45, 7) is 0.498. The number of fused-ring (bicyclic) bond motifs is 2. The van der Waals surface area contributed by atoms with Gasteiger partial charge in [-0.2, -0.15) is 0 Å². The number of nitrogens with one attached hydrogen (secondary N) is 2. The minimum atomic E-state index is -0.228. The number of anilines is 1. The van der Waals surface area contributed by atoms with Crippen molar-refractivity contribution < 1.29 is 4.39 Å². The summed E-state index contributed by atoms with van der Waals surface area (Å²) in [6, 6.07) is 5.18. The lowest BCUT2D eigenvalue weighted by molar-refractivity contribution is 0.353. The molecule has 0 aliphatic heterocycles. The Bertz CT molecular complexity index is 1090. The van der Waals surface area contributed by atoms with Crippen LogP contribution in [-0.4, -0.2) is 29.5 Å². The molecule has 2 N–H and O–H groups in total. The fraction of sp³-hybridized carbons (Fsp3) is 0.368. The summed E-state index contributed by atoms with van der Waals surface area (Å²) >= 11 is 0. The molecule has 4 aromatic rings. The fourth-order valence-electron chi connectivity index (χ4n) is 4.05. The number of hydrogen-bond donors (Lipinski definition) is 2. The lowest BCUT2D eigenvalue weighted by atomic mass is 9.95. The molecule has 0 atom stereocenters. The summed E-state index contributed by atoms with van der Waals surface area (Å²) in [5.74, 6) is 1.36. The highest BCUT2D eigenvalue weighted by Crippen LogP contribution is 2.33. The average molecular weight is 365 g/mol. The molecule has 5 rings (SSSR count). The van der Waals surface area contributed by atoms with E-state index in [0.717, 1.165) is 35.2 Å². The van der Waals surface area contributed by atoms with E-state index in [0.29, 0.717) is 24.1 Å². The van der Waals surface area contributed by atoms with Gasteiger partial charge in [-0.15, -0.1) is 0 Å². The average Bonchev–Trinajstić information content (AvgIpc) is 3.31. The molecule has 7 nitrogen and oxygen atoms in total. The molecule has 1 aromatic carbocycles. The maximum atomic E-state index is 13.9. The van der Waals surface area contributed by atoms with Crippen LogP contribution in [-0.2, 0) is 6.54 Å². The second-order valence-corrected chi connectivity index (χ2v) is 7.00. The van der Waals surface area contributed by atoms with E-state index in [4.69, 9.17) is 4.98 Å². The van der Waals surface area contributed by atoms with Crippen LogP contribution in [0.3, 0.4) is 0 Å². The van der Waals surface area contributed by atoms with Gasteiger partial charge in [0.15, 0.2) is 11.5 Å². The van der Waals surface area contributed by atoms with Crippen molar-refractivity contribution in [2.75, 3.05) is 5.32 Å². The topological polar surface area (TPSA) is 84.3 Å². The van der Waals surface area contributed by atoms with Crippen LogP contribution in [0.25, 0.3) is 22.2 Å². The highest BCUT2D eigenvalue weighted by atomic mass is 19.1. The number of rotatable bonds is 4. The van der Waals surface area contributed by atoms with Gasteiger partial charge in [-0.3, -0.25) is 0 Å². The van der Waals surface area contributed by atoms with Crippen LogP contribution in [0.4, 0.5) is 10.2 Å². The normalized spacial score (nSPS) is 15.6. The number of imidazole rings is 2. The van der Waals surface area contributed by atoms with E-state index in [1.165, 1.54) is 31.7 Å². The van der Waals surface area contributed by atoms with E-state index >= 15 is 0 Å². The minimum Gasteiger partial charge on any atom is -0.361 e. The van der Waals surface area contributed by atoms with E-state index in [1.54, 1.807) is 18.5 Å². The van der Waals surface area contributed by atoms with Crippen molar-refractivity contribution in [3.8, 4) is 0 Å². The Morgan fingerprint density at radius 2 is 2.04 bits per heavy atom. The summed E-state index contributed by atoms with van der Waals surface area (Å²) in [5.41, 5.74) is 3.08.